The van der Waals surface area contributed by atoms with Crippen molar-refractivity contribution in [2.45, 2.75) is 13.0 Å². The standard InChI is InChI=1S/C16H20N2O5/c1-9-13(15(19)23-5)14(17-16(20)18(9)2)11-7-6-10(21-3)8-12(11)22-4/h6-8,14H,1-5H3,(H,17,20)/t14-/m1/s1. The van der Waals surface area contributed by atoms with Crippen LogP contribution in [0.15, 0.2) is 29.5 Å². The van der Waals surface area contributed by atoms with Crippen LogP contribution in [0.25, 0.3) is 0 Å². The van der Waals surface area contributed by atoms with Gasteiger partial charge in [-0.05, 0) is 19.1 Å². The molecule has 0 aromatic heterocycles. The largest absolute Gasteiger partial charge is 0.497 e. The van der Waals surface area contributed by atoms with Gasteiger partial charge in [0.25, 0.3) is 0 Å². The number of carbonyl (C=O) groups excluding carboxylic acids is 2. The molecule has 1 heterocycles. The first-order valence-electron chi connectivity index (χ1n) is 6.99. The van der Waals surface area contributed by atoms with E-state index in [1.54, 1.807) is 39.3 Å². The van der Waals surface area contributed by atoms with E-state index < -0.39 is 12.0 Å². The molecule has 0 unspecified atom stereocenters. The van der Waals surface area contributed by atoms with Crippen molar-refractivity contribution in [3.8, 4) is 11.5 Å². The zero-order valence-corrected chi connectivity index (χ0v) is 13.8. The number of carbonyl (C=O) groups is 2. The maximum atomic E-state index is 12.2. The summed E-state index contributed by atoms with van der Waals surface area (Å²) >= 11 is 0. The summed E-state index contributed by atoms with van der Waals surface area (Å²) in [5.41, 5.74) is 1.54. The first-order chi connectivity index (χ1) is 10.9. The van der Waals surface area contributed by atoms with Crippen LogP contribution in [0.2, 0.25) is 0 Å². The molecule has 1 aromatic carbocycles. The molecule has 124 valence electrons. The predicted octanol–water partition coefficient (Wildman–Crippen LogP) is 1.85. The quantitative estimate of drug-likeness (QED) is 0.857. The van der Waals surface area contributed by atoms with Crippen molar-refractivity contribution in [2.75, 3.05) is 28.4 Å². The van der Waals surface area contributed by atoms with Gasteiger partial charge in [0.05, 0.1) is 32.9 Å². The number of ether oxygens (including phenoxy) is 3. The number of hydrogen-bond acceptors (Lipinski definition) is 5. The minimum atomic E-state index is -0.660. The Morgan fingerprint density at radius 1 is 1.22 bits per heavy atom. The van der Waals surface area contributed by atoms with E-state index in [4.69, 9.17) is 14.2 Å². The lowest BCUT2D eigenvalue weighted by atomic mass is 9.94. The van der Waals surface area contributed by atoms with E-state index >= 15 is 0 Å². The lowest BCUT2D eigenvalue weighted by Gasteiger charge is -2.33. The maximum absolute atomic E-state index is 12.2. The van der Waals surface area contributed by atoms with Gasteiger partial charge in [0.2, 0.25) is 0 Å². The number of methoxy groups -OCH3 is 3. The van der Waals surface area contributed by atoms with Gasteiger partial charge in [-0.1, -0.05) is 0 Å². The Bertz CT molecular complexity index is 668. The molecule has 1 aliphatic rings. The van der Waals surface area contributed by atoms with Crippen LogP contribution in [0.5, 0.6) is 11.5 Å². The highest BCUT2D eigenvalue weighted by Gasteiger charge is 2.36. The number of esters is 1. The van der Waals surface area contributed by atoms with Crippen molar-refractivity contribution in [3.63, 3.8) is 0 Å². The molecule has 0 saturated carbocycles. The molecule has 2 rings (SSSR count). The highest BCUT2D eigenvalue weighted by Crippen LogP contribution is 2.37. The summed E-state index contributed by atoms with van der Waals surface area (Å²) in [4.78, 5) is 25.7. The van der Waals surface area contributed by atoms with E-state index in [1.165, 1.54) is 19.1 Å². The van der Waals surface area contributed by atoms with Crippen LogP contribution in [0.4, 0.5) is 4.79 Å². The third-order valence-corrected chi connectivity index (χ3v) is 3.91. The molecule has 7 nitrogen and oxygen atoms in total. The van der Waals surface area contributed by atoms with Gasteiger partial charge >= 0.3 is 12.0 Å². The van der Waals surface area contributed by atoms with E-state index in [0.29, 0.717) is 28.3 Å². The Labute approximate surface area is 134 Å². The van der Waals surface area contributed by atoms with Crippen molar-refractivity contribution in [1.82, 2.24) is 10.2 Å². The van der Waals surface area contributed by atoms with Gasteiger partial charge in [-0.2, -0.15) is 0 Å². The number of hydrogen-bond donors (Lipinski definition) is 1. The smallest absolute Gasteiger partial charge is 0.337 e. The zero-order chi connectivity index (χ0) is 17.1. The number of amides is 2. The average molecular weight is 320 g/mol. The molecule has 0 spiro atoms. The number of nitrogens with zero attached hydrogens (tertiary/aromatic N) is 1. The van der Waals surface area contributed by atoms with E-state index in [2.05, 4.69) is 5.32 Å². The molecule has 1 N–H and O–H groups in total. The van der Waals surface area contributed by atoms with Gasteiger partial charge in [-0.25, -0.2) is 9.59 Å². The summed E-state index contributed by atoms with van der Waals surface area (Å²) in [7, 11) is 5.97. The third-order valence-electron chi connectivity index (χ3n) is 3.91. The highest BCUT2D eigenvalue weighted by atomic mass is 16.5. The van der Waals surface area contributed by atoms with Gasteiger partial charge < -0.3 is 24.4 Å². The van der Waals surface area contributed by atoms with Gasteiger partial charge in [0.15, 0.2) is 0 Å². The number of allylic oxidation sites excluding steroid dienone is 1. The first kappa shape index (κ1) is 16.7. The molecule has 1 atom stereocenters. The van der Waals surface area contributed by atoms with Crippen LogP contribution < -0.4 is 14.8 Å². The SMILES string of the molecule is COC(=O)C1=C(C)N(C)C(=O)N[C@@H]1c1ccc(OC)cc1OC. The Hall–Kier alpha value is -2.70. The molecule has 0 radical (unpaired) electrons. The van der Waals surface area contributed by atoms with Gasteiger partial charge in [0.1, 0.15) is 11.5 Å². The summed E-state index contributed by atoms with van der Waals surface area (Å²) in [5.74, 6) is 0.621. The topological polar surface area (TPSA) is 77.1 Å². The fourth-order valence-corrected chi connectivity index (χ4v) is 2.50. The van der Waals surface area contributed by atoms with Crippen molar-refractivity contribution in [1.29, 1.82) is 0 Å². The van der Waals surface area contributed by atoms with Gasteiger partial charge in [0, 0.05) is 24.4 Å². The number of nitrogens with one attached hydrogen (secondary N) is 1. The Kier molecular flexibility index (Phi) is 4.78. The highest BCUT2D eigenvalue weighted by molar-refractivity contribution is 5.95. The number of rotatable bonds is 4. The summed E-state index contributed by atoms with van der Waals surface area (Å²) in [6, 6.07) is 4.23. The molecule has 1 aromatic rings. The van der Waals surface area contributed by atoms with Crippen LogP contribution in [-0.2, 0) is 9.53 Å². The molecular weight excluding hydrogens is 300 g/mol. The zero-order valence-electron chi connectivity index (χ0n) is 13.8. The normalized spacial score (nSPS) is 17.7. The summed E-state index contributed by atoms with van der Waals surface area (Å²) in [6.45, 7) is 1.70. The fraction of sp³-hybridized carbons (Fsp3) is 0.375. The van der Waals surface area contributed by atoms with Crippen LogP contribution in [0, 0.1) is 0 Å². The molecule has 0 fully saturated rings. The van der Waals surface area contributed by atoms with Crippen molar-refractivity contribution in [3.05, 3.63) is 35.0 Å². The average Bonchev–Trinajstić information content (AvgIpc) is 2.58. The minimum Gasteiger partial charge on any atom is -0.497 e. The predicted molar refractivity (Wildman–Crippen MR) is 83.3 cm³/mol. The molecule has 23 heavy (non-hydrogen) atoms. The Balaban J connectivity index is 2.60. The Morgan fingerprint density at radius 2 is 1.91 bits per heavy atom. The van der Waals surface area contributed by atoms with E-state index in [-0.39, 0.29) is 6.03 Å². The van der Waals surface area contributed by atoms with Crippen molar-refractivity contribution < 1.29 is 23.8 Å². The van der Waals surface area contributed by atoms with E-state index in [1.807, 2.05) is 0 Å². The molecule has 2 amide bonds. The Morgan fingerprint density at radius 3 is 2.48 bits per heavy atom. The lowest BCUT2D eigenvalue weighted by Crippen LogP contribution is -2.46. The second-order valence-corrected chi connectivity index (χ2v) is 5.04. The molecule has 0 bridgehead atoms. The summed E-state index contributed by atoms with van der Waals surface area (Å²) in [5, 5.41) is 2.80. The number of urea groups is 1. The lowest BCUT2D eigenvalue weighted by molar-refractivity contribution is -0.136. The maximum Gasteiger partial charge on any atom is 0.337 e. The van der Waals surface area contributed by atoms with Crippen molar-refractivity contribution in [2.24, 2.45) is 0 Å². The number of benzene rings is 1. The van der Waals surface area contributed by atoms with E-state index in [9.17, 15) is 9.59 Å². The van der Waals surface area contributed by atoms with Crippen LogP contribution >= 0.6 is 0 Å². The van der Waals surface area contributed by atoms with Crippen LogP contribution in [-0.4, -0.2) is 45.3 Å². The molecule has 1 aliphatic heterocycles. The second kappa shape index (κ2) is 6.60. The monoisotopic (exact) mass is 320 g/mol. The molecule has 0 saturated heterocycles. The minimum absolute atomic E-state index is 0.307. The van der Waals surface area contributed by atoms with Crippen LogP contribution in [0.3, 0.4) is 0 Å². The molecule has 0 aliphatic carbocycles. The summed E-state index contributed by atoms with van der Waals surface area (Å²) in [6.07, 6.45) is 0. The summed E-state index contributed by atoms with van der Waals surface area (Å²) < 4.78 is 15.4. The van der Waals surface area contributed by atoms with Crippen molar-refractivity contribution >= 4 is 12.0 Å². The first-order valence-corrected chi connectivity index (χ1v) is 6.99. The van der Waals surface area contributed by atoms with Gasteiger partial charge in [-0.15, -0.1) is 0 Å². The van der Waals surface area contributed by atoms with Gasteiger partial charge in [-0.3, -0.25) is 0 Å². The fourth-order valence-electron chi connectivity index (χ4n) is 2.50. The van der Waals surface area contributed by atoms with Crippen LogP contribution in [0.1, 0.15) is 18.5 Å². The molecule has 7 heteroatoms. The third kappa shape index (κ3) is 2.94. The molecular formula is C16H20N2O5. The van der Waals surface area contributed by atoms with E-state index in [0.717, 1.165) is 0 Å². The second-order valence-electron chi connectivity index (χ2n) is 5.04.